The second-order valence-electron chi connectivity index (χ2n) is 5.22. The zero-order valence-corrected chi connectivity index (χ0v) is 11.6. The molecule has 0 spiro atoms. The predicted molar refractivity (Wildman–Crippen MR) is 80.9 cm³/mol. The summed E-state index contributed by atoms with van der Waals surface area (Å²) in [5.74, 6) is 0. The van der Waals surface area contributed by atoms with Crippen molar-refractivity contribution in [2.45, 2.75) is 20.3 Å². The number of H-pyrrole nitrogens is 1. The molecule has 0 saturated carbocycles. The Hall–Kier alpha value is -2.42. The molecule has 4 rings (SSSR count). The molecule has 0 unspecified atom stereocenters. The van der Waals surface area contributed by atoms with Crippen molar-refractivity contribution in [1.82, 2.24) is 10.1 Å². The van der Waals surface area contributed by atoms with Crippen LogP contribution < -0.4 is 4.52 Å². The number of rotatable bonds is 1. The van der Waals surface area contributed by atoms with Gasteiger partial charge in [-0.25, -0.2) is 4.98 Å². The third-order valence-electron chi connectivity index (χ3n) is 4.04. The maximum Gasteiger partial charge on any atom is 0.262 e. The minimum Gasteiger partial charge on any atom is -0.241 e. The molecule has 98 valence electrons. The number of para-hydroxylation sites is 1. The largest absolute Gasteiger partial charge is 0.262 e. The fourth-order valence-corrected chi connectivity index (χ4v) is 2.94. The highest BCUT2D eigenvalue weighted by Gasteiger charge is 2.15. The highest BCUT2D eigenvalue weighted by atomic mass is 15.2. The van der Waals surface area contributed by atoms with E-state index < -0.39 is 0 Å². The van der Waals surface area contributed by atoms with Gasteiger partial charge in [0.1, 0.15) is 5.52 Å². The van der Waals surface area contributed by atoms with Crippen molar-refractivity contribution >= 4 is 27.3 Å². The van der Waals surface area contributed by atoms with Crippen molar-refractivity contribution in [3.05, 3.63) is 53.9 Å². The molecule has 3 heteroatoms. The van der Waals surface area contributed by atoms with Gasteiger partial charge in [-0.05, 0) is 25.0 Å². The first-order valence-corrected chi connectivity index (χ1v) is 6.99. The van der Waals surface area contributed by atoms with Crippen molar-refractivity contribution in [3.63, 3.8) is 0 Å². The normalized spacial score (nSPS) is 11.7. The molecule has 0 fully saturated rings. The van der Waals surface area contributed by atoms with Gasteiger partial charge in [-0.1, -0.05) is 29.6 Å². The van der Waals surface area contributed by atoms with E-state index in [1.54, 1.807) is 0 Å². The van der Waals surface area contributed by atoms with E-state index in [0.717, 1.165) is 23.0 Å². The molecule has 1 aromatic carbocycles. The highest BCUT2D eigenvalue weighted by Crippen LogP contribution is 2.26. The summed E-state index contributed by atoms with van der Waals surface area (Å²) in [5.41, 5.74) is 5.82. The lowest BCUT2D eigenvalue weighted by molar-refractivity contribution is -0.580. The molecule has 3 aromatic heterocycles. The van der Waals surface area contributed by atoms with Gasteiger partial charge in [0.2, 0.25) is 6.20 Å². The van der Waals surface area contributed by atoms with Crippen molar-refractivity contribution in [2.24, 2.45) is 0 Å². The van der Waals surface area contributed by atoms with Crippen molar-refractivity contribution in [1.29, 1.82) is 0 Å². The zero-order chi connectivity index (χ0) is 13.7. The van der Waals surface area contributed by atoms with E-state index in [1.807, 2.05) is 6.07 Å². The number of aryl methyl sites for hydroxylation is 2. The first kappa shape index (κ1) is 11.4. The number of fused-ring (bicyclic) bond motifs is 5. The summed E-state index contributed by atoms with van der Waals surface area (Å²) in [6.07, 6.45) is 3.10. The van der Waals surface area contributed by atoms with Crippen LogP contribution in [-0.2, 0) is 6.42 Å². The number of pyridine rings is 1. The van der Waals surface area contributed by atoms with Gasteiger partial charge in [-0.2, -0.15) is 5.10 Å². The van der Waals surface area contributed by atoms with Crippen molar-refractivity contribution in [2.75, 3.05) is 0 Å². The Morgan fingerprint density at radius 2 is 2.00 bits per heavy atom. The van der Waals surface area contributed by atoms with Crippen molar-refractivity contribution in [3.8, 4) is 0 Å². The maximum atomic E-state index is 4.81. The number of aromatic nitrogens is 3. The molecule has 0 aliphatic carbocycles. The summed E-state index contributed by atoms with van der Waals surface area (Å²) in [4.78, 5) is 4.81. The third-order valence-corrected chi connectivity index (χ3v) is 4.04. The van der Waals surface area contributed by atoms with Crippen LogP contribution in [0.15, 0.2) is 42.6 Å². The number of benzene rings is 1. The fraction of sp³-hybridized carbons (Fsp3) is 0.176. The molecule has 3 nitrogen and oxygen atoms in total. The molecule has 0 saturated heterocycles. The topological polar surface area (TPSA) is 32.8 Å². The summed E-state index contributed by atoms with van der Waals surface area (Å²) < 4.78 is 2.06. The van der Waals surface area contributed by atoms with Crippen LogP contribution in [0, 0.1) is 6.92 Å². The lowest BCUT2D eigenvalue weighted by Gasteiger charge is -2.01. The van der Waals surface area contributed by atoms with E-state index in [0.29, 0.717) is 0 Å². The van der Waals surface area contributed by atoms with E-state index in [4.69, 9.17) is 4.98 Å². The quantitative estimate of drug-likeness (QED) is 0.524. The Balaban J connectivity index is 2.22. The van der Waals surface area contributed by atoms with Crippen LogP contribution in [0.25, 0.3) is 27.3 Å². The van der Waals surface area contributed by atoms with Crippen LogP contribution in [0.5, 0.6) is 0 Å². The van der Waals surface area contributed by atoms with Gasteiger partial charge < -0.3 is 0 Å². The van der Waals surface area contributed by atoms with Crippen LogP contribution in [0.3, 0.4) is 0 Å². The van der Waals surface area contributed by atoms with E-state index in [-0.39, 0.29) is 0 Å². The molecule has 0 bridgehead atoms. The van der Waals surface area contributed by atoms with Gasteiger partial charge in [0.05, 0.1) is 11.2 Å². The monoisotopic (exact) mass is 262 g/mol. The van der Waals surface area contributed by atoms with Gasteiger partial charge in [-0.15, -0.1) is 0 Å². The Labute approximate surface area is 116 Å². The number of hydrogen-bond acceptors (Lipinski definition) is 1. The maximum absolute atomic E-state index is 4.81. The molecule has 0 aliphatic rings. The molecule has 1 N–H and O–H groups in total. The molecule has 3 heterocycles. The van der Waals surface area contributed by atoms with E-state index in [9.17, 15) is 0 Å². The number of nitrogens with one attached hydrogen (secondary N) is 1. The van der Waals surface area contributed by atoms with Crippen LogP contribution in [0.2, 0.25) is 0 Å². The van der Waals surface area contributed by atoms with E-state index in [2.05, 4.69) is 60.0 Å². The molecule has 4 aromatic rings. The average molecular weight is 262 g/mol. The summed E-state index contributed by atoms with van der Waals surface area (Å²) in [6, 6.07) is 12.7. The second-order valence-corrected chi connectivity index (χ2v) is 5.22. The van der Waals surface area contributed by atoms with Crippen molar-refractivity contribution < 1.29 is 4.52 Å². The lowest BCUT2D eigenvalue weighted by atomic mass is 10.1. The molecule has 20 heavy (non-hydrogen) atoms. The van der Waals surface area contributed by atoms with E-state index >= 15 is 0 Å². The second kappa shape index (κ2) is 4.04. The average Bonchev–Trinajstić information content (AvgIpc) is 2.85. The van der Waals surface area contributed by atoms with Gasteiger partial charge in [0, 0.05) is 22.9 Å². The summed E-state index contributed by atoms with van der Waals surface area (Å²) in [6.45, 7) is 4.30. The molecule has 0 atom stereocenters. The van der Waals surface area contributed by atoms with Gasteiger partial charge in [0.15, 0.2) is 0 Å². The number of nitrogens with zero attached hydrogens (tertiary/aromatic N) is 2. The van der Waals surface area contributed by atoms with Crippen LogP contribution in [-0.4, -0.2) is 10.1 Å². The zero-order valence-electron chi connectivity index (χ0n) is 11.6. The van der Waals surface area contributed by atoms with Crippen LogP contribution in [0.4, 0.5) is 0 Å². The number of aromatic amines is 1. The molecule has 0 aliphatic heterocycles. The van der Waals surface area contributed by atoms with Crippen LogP contribution in [0.1, 0.15) is 18.2 Å². The lowest BCUT2D eigenvalue weighted by Crippen LogP contribution is -2.28. The highest BCUT2D eigenvalue weighted by molar-refractivity contribution is 6.10. The summed E-state index contributed by atoms with van der Waals surface area (Å²) in [7, 11) is 0. The molecular weight excluding hydrogens is 246 g/mol. The predicted octanol–water partition coefficient (Wildman–Crippen LogP) is 3.33. The molecular formula is C17H16N3+. The third kappa shape index (κ3) is 1.46. The first-order chi connectivity index (χ1) is 9.78. The Bertz CT molecular complexity index is 951. The minimum absolute atomic E-state index is 1.02. The molecule has 0 radical (unpaired) electrons. The standard InChI is InChI=1S/C17H15N3/c1-3-12-10-16-17-14(8-9-20(16)19-11(12)2)13-6-4-5-7-15(13)18-17/h4-10H,3H2,1-2H3/p+1. The van der Waals surface area contributed by atoms with Gasteiger partial charge in [0.25, 0.3) is 5.52 Å². The van der Waals surface area contributed by atoms with Gasteiger partial charge >= 0.3 is 0 Å². The Morgan fingerprint density at radius 3 is 2.85 bits per heavy atom. The fourth-order valence-electron chi connectivity index (χ4n) is 2.94. The van der Waals surface area contributed by atoms with Crippen LogP contribution >= 0.6 is 0 Å². The molecule has 0 amide bonds. The first-order valence-electron chi connectivity index (χ1n) is 6.99. The minimum atomic E-state index is 1.02. The van der Waals surface area contributed by atoms with Gasteiger partial charge in [-0.3, -0.25) is 0 Å². The Morgan fingerprint density at radius 1 is 1.15 bits per heavy atom. The SMILES string of the molecule is CCc1cc2c3nc4ccccc4c3cc[n+]2[nH]c1C. The van der Waals surface area contributed by atoms with E-state index in [1.165, 1.54) is 22.0 Å². The smallest absolute Gasteiger partial charge is 0.241 e. The summed E-state index contributed by atoms with van der Waals surface area (Å²) >= 11 is 0. The summed E-state index contributed by atoms with van der Waals surface area (Å²) in [5, 5.41) is 5.87. The Kier molecular flexibility index (Phi) is 2.30. The number of hydrogen-bond donors (Lipinski definition) is 1.